The molecular weight excluding hydrogens is 257 g/mol. The molecule has 0 amide bonds. The first-order valence-electron chi connectivity index (χ1n) is 6.26. The number of anilines is 2. The van der Waals surface area contributed by atoms with Crippen molar-refractivity contribution in [1.29, 1.82) is 0 Å². The molecule has 2 aromatic carbocycles. The van der Waals surface area contributed by atoms with Gasteiger partial charge in [-0.05, 0) is 50.1 Å². The highest BCUT2D eigenvalue weighted by Gasteiger charge is 2.10. The zero-order chi connectivity index (χ0) is 14.9. The number of halogens is 1. The van der Waals surface area contributed by atoms with E-state index in [1.54, 1.807) is 0 Å². The molecule has 104 valence electrons. The molecule has 0 unspecified atom stereocenters. The molecular formula is C16H16FNO2. The lowest BCUT2D eigenvalue weighted by Crippen LogP contribution is -2.02. The van der Waals surface area contributed by atoms with Crippen LogP contribution in [0.4, 0.5) is 15.8 Å². The first-order valence-corrected chi connectivity index (χ1v) is 6.26. The maximum Gasteiger partial charge on any atom is 0.335 e. The lowest BCUT2D eigenvalue weighted by Gasteiger charge is -2.14. The molecule has 0 atom stereocenters. The lowest BCUT2D eigenvalue weighted by molar-refractivity contribution is 0.0696. The summed E-state index contributed by atoms with van der Waals surface area (Å²) in [7, 11) is 0. The summed E-state index contributed by atoms with van der Waals surface area (Å²) < 4.78 is 13.9. The van der Waals surface area contributed by atoms with E-state index >= 15 is 0 Å². The Kier molecular flexibility index (Phi) is 3.74. The number of carbonyl (C=O) groups is 1. The van der Waals surface area contributed by atoms with Crippen molar-refractivity contribution >= 4 is 17.3 Å². The van der Waals surface area contributed by atoms with Gasteiger partial charge in [0.1, 0.15) is 5.82 Å². The van der Waals surface area contributed by atoms with Gasteiger partial charge in [0.05, 0.1) is 11.3 Å². The quantitative estimate of drug-likeness (QED) is 0.881. The zero-order valence-corrected chi connectivity index (χ0v) is 11.6. The Hall–Kier alpha value is -2.36. The smallest absolute Gasteiger partial charge is 0.335 e. The summed E-state index contributed by atoms with van der Waals surface area (Å²) in [5, 5.41) is 11.9. The van der Waals surface area contributed by atoms with Gasteiger partial charge >= 0.3 is 5.97 Å². The molecule has 0 radical (unpaired) electrons. The van der Waals surface area contributed by atoms with Crippen molar-refractivity contribution in [2.75, 3.05) is 5.32 Å². The zero-order valence-electron chi connectivity index (χ0n) is 11.6. The van der Waals surface area contributed by atoms with Gasteiger partial charge in [-0.2, -0.15) is 0 Å². The van der Waals surface area contributed by atoms with Gasteiger partial charge in [-0.1, -0.05) is 17.7 Å². The molecule has 0 heterocycles. The van der Waals surface area contributed by atoms with Gasteiger partial charge in [-0.25, -0.2) is 9.18 Å². The Morgan fingerprint density at radius 3 is 2.20 bits per heavy atom. The summed E-state index contributed by atoms with van der Waals surface area (Å²) >= 11 is 0. The van der Waals surface area contributed by atoms with Gasteiger partial charge in [0.25, 0.3) is 0 Å². The van der Waals surface area contributed by atoms with Crippen LogP contribution in [0.15, 0.2) is 30.3 Å². The second kappa shape index (κ2) is 5.33. The van der Waals surface area contributed by atoms with E-state index in [0.29, 0.717) is 0 Å². The van der Waals surface area contributed by atoms with Crippen LogP contribution in [0.5, 0.6) is 0 Å². The van der Waals surface area contributed by atoms with Crippen LogP contribution < -0.4 is 5.32 Å². The van der Waals surface area contributed by atoms with Crippen molar-refractivity contribution in [2.45, 2.75) is 20.8 Å². The molecule has 0 fully saturated rings. The molecule has 3 nitrogen and oxygen atoms in total. The summed E-state index contributed by atoms with van der Waals surface area (Å²) in [5.74, 6) is -1.72. The Balaban J connectivity index is 2.38. The van der Waals surface area contributed by atoms with Crippen LogP contribution in [0.1, 0.15) is 27.0 Å². The third-order valence-corrected chi connectivity index (χ3v) is 3.15. The lowest BCUT2D eigenvalue weighted by atomic mass is 10.0. The molecule has 0 spiro atoms. The topological polar surface area (TPSA) is 49.3 Å². The highest BCUT2D eigenvalue weighted by Crippen LogP contribution is 2.27. The number of hydrogen-bond donors (Lipinski definition) is 2. The van der Waals surface area contributed by atoms with Crippen LogP contribution in [0.25, 0.3) is 0 Å². The standard InChI is InChI=1S/C16H16FNO2/c1-9-6-10(2)15(11(3)7-9)18-14-5-4-12(16(19)20)8-13(14)17/h4-8,18H,1-3H3,(H,19,20). The minimum atomic E-state index is -1.14. The normalized spacial score (nSPS) is 10.4. The molecule has 0 aliphatic heterocycles. The SMILES string of the molecule is Cc1cc(C)c(Nc2ccc(C(=O)O)cc2F)c(C)c1. The summed E-state index contributed by atoms with van der Waals surface area (Å²) in [6, 6.07) is 7.87. The minimum absolute atomic E-state index is 0.0644. The largest absolute Gasteiger partial charge is 0.478 e. The van der Waals surface area contributed by atoms with Crippen LogP contribution in [-0.2, 0) is 0 Å². The maximum atomic E-state index is 13.9. The van der Waals surface area contributed by atoms with Crippen LogP contribution >= 0.6 is 0 Å². The number of carboxylic acid groups (broad SMARTS) is 1. The number of hydrogen-bond acceptors (Lipinski definition) is 2. The summed E-state index contributed by atoms with van der Waals surface area (Å²) in [4.78, 5) is 10.8. The average Bonchev–Trinajstić information content (AvgIpc) is 2.34. The molecule has 0 aromatic heterocycles. The summed E-state index contributed by atoms with van der Waals surface area (Å²) in [5.41, 5.74) is 4.23. The van der Waals surface area contributed by atoms with E-state index < -0.39 is 11.8 Å². The fraction of sp³-hybridized carbons (Fsp3) is 0.188. The summed E-state index contributed by atoms with van der Waals surface area (Å²) in [6.45, 7) is 5.91. The van der Waals surface area contributed by atoms with E-state index in [4.69, 9.17) is 5.11 Å². The monoisotopic (exact) mass is 273 g/mol. The molecule has 0 aliphatic rings. The predicted octanol–water partition coefficient (Wildman–Crippen LogP) is 4.19. The number of nitrogens with one attached hydrogen (secondary N) is 1. The molecule has 20 heavy (non-hydrogen) atoms. The number of aryl methyl sites for hydroxylation is 3. The van der Waals surface area contributed by atoms with E-state index in [-0.39, 0.29) is 11.3 Å². The number of benzene rings is 2. The van der Waals surface area contributed by atoms with Gasteiger partial charge in [-0.3, -0.25) is 0 Å². The number of carboxylic acids is 1. The first kappa shape index (κ1) is 14.1. The minimum Gasteiger partial charge on any atom is -0.478 e. The van der Waals surface area contributed by atoms with E-state index in [9.17, 15) is 9.18 Å². The van der Waals surface area contributed by atoms with Gasteiger partial charge in [0.2, 0.25) is 0 Å². The molecule has 2 aromatic rings. The molecule has 2 N–H and O–H groups in total. The fourth-order valence-electron chi connectivity index (χ4n) is 2.26. The highest BCUT2D eigenvalue weighted by molar-refractivity contribution is 5.88. The first-order chi connectivity index (χ1) is 9.38. The van der Waals surface area contributed by atoms with Crippen molar-refractivity contribution in [2.24, 2.45) is 0 Å². The van der Waals surface area contributed by atoms with Gasteiger partial charge < -0.3 is 10.4 Å². The predicted molar refractivity (Wildman–Crippen MR) is 77.3 cm³/mol. The van der Waals surface area contributed by atoms with Crippen molar-refractivity contribution in [3.05, 3.63) is 58.4 Å². The fourth-order valence-corrected chi connectivity index (χ4v) is 2.26. The average molecular weight is 273 g/mol. The third-order valence-electron chi connectivity index (χ3n) is 3.15. The van der Waals surface area contributed by atoms with Gasteiger partial charge in [0, 0.05) is 5.69 Å². The van der Waals surface area contributed by atoms with Crippen LogP contribution in [0, 0.1) is 26.6 Å². The van der Waals surface area contributed by atoms with E-state index in [1.165, 1.54) is 12.1 Å². The second-order valence-electron chi connectivity index (χ2n) is 4.90. The Morgan fingerprint density at radius 2 is 1.70 bits per heavy atom. The molecule has 0 saturated heterocycles. The van der Waals surface area contributed by atoms with Crippen molar-refractivity contribution < 1.29 is 14.3 Å². The highest BCUT2D eigenvalue weighted by atomic mass is 19.1. The van der Waals surface area contributed by atoms with Crippen LogP contribution in [0.2, 0.25) is 0 Å². The second-order valence-corrected chi connectivity index (χ2v) is 4.90. The van der Waals surface area contributed by atoms with Crippen molar-refractivity contribution in [3.63, 3.8) is 0 Å². The Labute approximate surface area is 117 Å². The number of aromatic carboxylic acids is 1. The number of rotatable bonds is 3. The van der Waals surface area contributed by atoms with Crippen molar-refractivity contribution in [3.8, 4) is 0 Å². The summed E-state index contributed by atoms with van der Waals surface area (Å²) in [6.07, 6.45) is 0. The third kappa shape index (κ3) is 2.79. The van der Waals surface area contributed by atoms with Crippen LogP contribution in [-0.4, -0.2) is 11.1 Å². The molecule has 0 saturated carbocycles. The van der Waals surface area contributed by atoms with E-state index in [1.807, 2.05) is 32.9 Å². The van der Waals surface area contributed by atoms with Crippen LogP contribution in [0.3, 0.4) is 0 Å². The Morgan fingerprint density at radius 1 is 1.10 bits per heavy atom. The molecule has 0 bridgehead atoms. The van der Waals surface area contributed by atoms with Gasteiger partial charge in [-0.15, -0.1) is 0 Å². The molecule has 0 aliphatic carbocycles. The van der Waals surface area contributed by atoms with E-state index in [2.05, 4.69) is 5.32 Å². The Bertz CT molecular complexity index is 657. The molecule has 4 heteroatoms. The van der Waals surface area contributed by atoms with Crippen molar-refractivity contribution in [1.82, 2.24) is 0 Å². The maximum absolute atomic E-state index is 13.9. The molecule has 2 rings (SSSR count). The van der Waals surface area contributed by atoms with Gasteiger partial charge in [0.15, 0.2) is 0 Å². The van der Waals surface area contributed by atoms with E-state index in [0.717, 1.165) is 28.4 Å².